The predicted octanol–water partition coefficient (Wildman–Crippen LogP) is 1.97. The van der Waals surface area contributed by atoms with Crippen LogP contribution < -0.4 is 5.73 Å². The van der Waals surface area contributed by atoms with Crippen molar-refractivity contribution in [2.24, 2.45) is 0 Å². The first-order valence-corrected chi connectivity index (χ1v) is 5.15. The molecule has 1 aromatic rings. The van der Waals surface area contributed by atoms with Gasteiger partial charge in [0.2, 0.25) is 0 Å². The molecule has 0 aliphatic carbocycles. The molecule has 78 valence electrons. The number of rotatable bonds is 2. The van der Waals surface area contributed by atoms with Crippen molar-refractivity contribution in [1.82, 2.24) is 10.2 Å². The van der Waals surface area contributed by atoms with Gasteiger partial charge in [0.25, 0.3) is 0 Å². The maximum absolute atomic E-state index is 5.81. The zero-order valence-corrected chi connectivity index (χ0v) is 8.71. The summed E-state index contributed by atoms with van der Waals surface area (Å²) in [6.07, 6.45) is 2.37. The third-order valence-electron chi connectivity index (χ3n) is 2.69. The summed E-state index contributed by atoms with van der Waals surface area (Å²) in [6.45, 7) is 5.10. The number of nitrogen functional groups attached to an aromatic ring is 1. The average Bonchev–Trinajstić information content (AvgIpc) is 2.70. The van der Waals surface area contributed by atoms with Crippen molar-refractivity contribution in [1.29, 1.82) is 0 Å². The van der Waals surface area contributed by atoms with Crippen LogP contribution in [0.15, 0.2) is 0 Å². The Balaban J connectivity index is 2.32. The van der Waals surface area contributed by atoms with Crippen LogP contribution in [0.3, 0.4) is 0 Å². The lowest BCUT2D eigenvalue weighted by Crippen LogP contribution is -2.03. The monoisotopic (exact) mass is 195 g/mol. The van der Waals surface area contributed by atoms with Crippen LogP contribution in [-0.4, -0.2) is 16.8 Å². The molecule has 2 heterocycles. The standard InChI is InChI=1S/C10H17N3O/c1-6(2)8-9(12-13-10(8)11)7-4-3-5-14-7/h6-7H,3-5H2,1-2H3,(H3,11,12,13). The Bertz CT molecular complexity index is 313. The molecule has 1 atom stereocenters. The number of nitrogens with one attached hydrogen (secondary N) is 1. The van der Waals surface area contributed by atoms with Gasteiger partial charge in [-0.3, -0.25) is 5.10 Å². The van der Waals surface area contributed by atoms with E-state index in [-0.39, 0.29) is 6.10 Å². The highest BCUT2D eigenvalue weighted by molar-refractivity contribution is 5.45. The summed E-state index contributed by atoms with van der Waals surface area (Å²) >= 11 is 0. The van der Waals surface area contributed by atoms with E-state index in [2.05, 4.69) is 24.0 Å². The van der Waals surface area contributed by atoms with Crippen molar-refractivity contribution in [3.8, 4) is 0 Å². The Labute approximate surface area is 83.8 Å². The molecule has 4 nitrogen and oxygen atoms in total. The maximum Gasteiger partial charge on any atom is 0.149 e. The second-order valence-corrected chi connectivity index (χ2v) is 4.09. The van der Waals surface area contributed by atoms with Gasteiger partial charge in [-0.2, -0.15) is 5.10 Å². The molecule has 0 spiro atoms. The van der Waals surface area contributed by atoms with Gasteiger partial charge in [-0.25, -0.2) is 0 Å². The fourth-order valence-corrected chi connectivity index (χ4v) is 2.04. The number of H-pyrrole nitrogens is 1. The van der Waals surface area contributed by atoms with Gasteiger partial charge in [0.05, 0.1) is 11.8 Å². The van der Waals surface area contributed by atoms with E-state index in [1.165, 1.54) is 0 Å². The SMILES string of the molecule is CC(C)c1c(N)n[nH]c1C1CCCO1. The van der Waals surface area contributed by atoms with Crippen molar-refractivity contribution < 1.29 is 4.74 Å². The van der Waals surface area contributed by atoms with E-state index in [1.807, 2.05) is 0 Å². The molecule has 0 amide bonds. The van der Waals surface area contributed by atoms with E-state index in [9.17, 15) is 0 Å². The van der Waals surface area contributed by atoms with Gasteiger partial charge < -0.3 is 10.5 Å². The second kappa shape index (κ2) is 3.61. The predicted molar refractivity (Wildman–Crippen MR) is 55.0 cm³/mol. The van der Waals surface area contributed by atoms with E-state index in [4.69, 9.17) is 10.5 Å². The molecule has 0 aromatic carbocycles. The molecular formula is C10H17N3O. The minimum Gasteiger partial charge on any atom is -0.382 e. The van der Waals surface area contributed by atoms with E-state index in [1.54, 1.807) is 0 Å². The van der Waals surface area contributed by atoms with Gasteiger partial charge in [0.1, 0.15) is 5.82 Å². The molecule has 1 saturated heterocycles. The lowest BCUT2D eigenvalue weighted by molar-refractivity contribution is 0.107. The summed E-state index contributed by atoms with van der Waals surface area (Å²) in [5.74, 6) is 1.01. The first kappa shape index (κ1) is 9.52. The topological polar surface area (TPSA) is 63.9 Å². The summed E-state index contributed by atoms with van der Waals surface area (Å²) in [5, 5.41) is 7.05. The fraction of sp³-hybridized carbons (Fsp3) is 0.700. The van der Waals surface area contributed by atoms with E-state index >= 15 is 0 Å². The summed E-state index contributed by atoms with van der Waals surface area (Å²) in [6, 6.07) is 0. The first-order chi connectivity index (χ1) is 6.70. The Kier molecular flexibility index (Phi) is 2.46. The molecule has 2 rings (SSSR count). The summed E-state index contributed by atoms with van der Waals surface area (Å²) < 4.78 is 5.62. The number of ether oxygens (including phenoxy) is 1. The molecule has 0 radical (unpaired) electrons. The molecule has 3 N–H and O–H groups in total. The van der Waals surface area contributed by atoms with Crippen LogP contribution in [0.4, 0.5) is 5.82 Å². The zero-order chi connectivity index (χ0) is 10.1. The van der Waals surface area contributed by atoms with Crippen LogP contribution in [0, 0.1) is 0 Å². The van der Waals surface area contributed by atoms with E-state index < -0.39 is 0 Å². The van der Waals surface area contributed by atoms with E-state index in [0.29, 0.717) is 11.7 Å². The van der Waals surface area contributed by atoms with Gasteiger partial charge in [0.15, 0.2) is 0 Å². The fourth-order valence-electron chi connectivity index (χ4n) is 2.04. The normalized spacial score (nSPS) is 22.1. The third kappa shape index (κ3) is 1.50. The number of aromatic amines is 1. The summed E-state index contributed by atoms with van der Waals surface area (Å²) in [7, 11) is 0. The van der Waals surface area contributed by atoms with Crippen molar-refractivity contribution >= 4 is 5.82 Å². The average molecular weight is 195 g/mol. The lowest BCUT2D eigenvalue weighted by Gasteiger charge is -2.12. The summed E-state index contributed by atoms with van der Waals surface area (Å²) in [4.78, 5) is 0. The third-order valence-corrected chi connectivity index (χ3v) is 2.69. The number of nitrogens with zero attached hydrogens (tertiary/aromatic N) is 1. The number of anilines is 1. The number of hydrogen-bond donors (Lipinski definition) is 2. The van der Waals surface area contributed by atoms with Crippen LogP contribution in [0.25, 0.3) is 0 Å². The maximum atomic E-state index is 5.81. The van der Waals surface area contributed by atoms with Crippen molar-refractivity contribution in [2.45, 2.75) is 38.7 Å². The molecule has 14 heavy (non-hydrogen) atoms. The summed E-state index contributed by atoms with van der Waals surface area (Å²) in [5.41, 5.74) is 8.01. The van der Waals surface area contributed by atoms with Crippen molar-refractivity contribution in [2.75, 3.05) is 12.3 Å². The Morgan fingerprint density at radius 1 is 1.57 bits per heavy atom. The highest BCUT2D eigenvalue weighted by atomic mass is 16.5. The largest absolute Gasteiger partial charge is 0.382 e. The molecule has 0 saturated carbocycles. The van der Waals surface area contributed by atoms with Gasteiger partial charge >= 0.3 is 0 Å². The zero-order valence-electron chi connectivity index (χ0n) is 8.71. The van der Waals surface area contributed by atoms with E-state index in [0.717, 1.165) is 30.7 Å². The lowest BCUT2D eigenvalue weighted by atomic mass is 9.99. The number of nitrogens with two attached hydrogens (primary N) is 1. The van der Waals surface area contributed by atoms with Crippen LogP contribution in [0.1, 0.15) is 50.0 Å². The molecule has 4 heteroatoms. The van der Waals surface area contributed by atoms with Gasteiger partial charge in [-0.15, -0.1) is 0 Å². The van der Waals surface area contributed by atoms with Crippen LogP contribution in [0.5, 0.6) is 0 Å². The van der Waals surface area contributed by atoms with Gasteiger partial charge in [-0.05, 0) is 18.8 Å². The molecule has 0 bridgehead atoms. The van der Waals surface area contributed by atoms with Crippen LogP contribution in [0.2, 0.25) is 0 Å². The first-order valence-electron chi connectivity index (χ1n) is 5.15. The molecule has 1 fully saturated rings. The van der Waals surface area contributed by atoms with Crippen molar-refractivity contribution in [3.05, 3.63) is 11.3 Å². The van der Waals surface area contributed by atoms with Crippen molar-refractivity contribution in [3.63, 3.8) is 0 Å². The second-order valence-electron chi connectivity index (χ2n) is 4.09. The highest BCUT2D eigenvalue weighted by Crippen LogP contribution is 2.34. The Morgan fingerprint density at radius 3 is 2.93 bits per heavy atom. The Morgan fingerprint density at radius 2 is 2.36 bits per heavy atom. The minimum atomic E-state index is 0.178. The molecule has 1 aliphatic rings. The molecule has 1 unspecified atom stereocenters. The minimum absolute atomic E-state index is 0.178. The molecule has 1 aliphatic heterocycles. The smallest absolute Gasteiger partial charge is 0.149 e. The van der Waals surface area contributed by atoms with Gasteiger partial charge in [-0.1, -0.05) is 13.8 Å². The highest BCUT2D eigenvalue weighted by Gasteiger charge is 2.25. The van der Waals surface area contributed by atoms with Crippen LogP contribution in [-0.2, 0) is 4.74 Å². The van der Waals surface area contributed by atoms with Gasteiger partial charge in [0, 0.05) is 12.2 Å². The molecule has 1 aromatic heterocycles. The quantitative estimate of drug-likeness (QED) is 0.758. The number of hydrogen-bond acceptors (Lipinski definition) is 3. The molecular weight excluding hydrogens is 178 g/mol. The van der Waals surface area contributed by atoms with Crippen LogP contribution >= 0.6 is 0 Å². The Hall–Kier alpha value is -1.03. The number of aromatic nitrogens is 2.